The molecule has 4 rings (SSSR count). The molecule has 0 bridgehead atoms. The zero-order chi connectivity index (χ0) is 21.1. The summed E-state index contributed by atoms with van der Waals surface area (Å²) in [5.41, 5.74) is 1.16. The van der Waals surface area contributed by atoms with Crippen LogP contribution in [0.1, 0.15) is 6.92 Å². The first-order chi connectivity index (χ1) is 14.4. The van der Waals surface area contributed by atoms with Crippen LogP contribution in [-0.4, -0.2) is 76.6 Å². The molecule has 1 N–H and O–H groups in total. The van der Waals surface area contributed by atoms with Gasteiger partial charge in [0.2, 0.25) is 10.1 Å². The predicted molar refractivity (Wildman–Crippen MR) is 110 cm³/mol. The summed E-state index contributed by atoms with van der Waals surface area (Å²) in [5, 5.41) is 8.60. The van der Waals surface area contributed by atoms with Gasteiger partial charge in [-0.1, -0.05) is 30.4 Å². The summed E-state index contributed by atoms with van der Waals surface area (Å²) in [5.74, 6) is -0.272. The highest BCUT2D eigenvalue weighted by Crippen LogP contribution is 2.30. The molecule has 30 heavy (non-hydrogen) atoms. The molecule has 0 unspecified atom stereocenters. The second kappa shape index (κ2) is 8.78. The van der Waals surface area contributed by atoms with Crippen LogP contribution in [0, 0.1) is 0 Å². The van der Waals surface area contributed by atoms with Crippen molar-refractivity contribution < 1.29 is 17.9 Å². The number of fused-ring (bicyclic) bond motifs is 1. The van der Waals surface area contributed by atoms with Crippen LogP contribution >= 0.6 is 11.3 Å². The van der Waals surface area contributed by atoms with Crippen molar-refractivity contribution in [3.05, 3.63) is 30.5 Å². The molecule has 7 nitrogen and oxygen atoms in total. The van der Waals surface area contributed by atoms with Crippen LogP contribution in [0.5, 0.6) is 5.75 Å². The number of nitrogens with one attached hydrogen (secondary N) is 1. The first-order valence-electron chi connectivity index (χ1n) is 9.80. The summed E-state index contributed by atoms with van der Waals surface area (Å²) in [6, 6.07) is 5.82. The number of benzene rings is 1. The summed E-state index contributed by atoms with van der Waals surface area (Å²) in [4.78, 5) is 9.87. The molecule has 0 radical (unpaired) electrons. The summed E-state index contributed by atoms with van der Waals surface area (Å²) in [7, 11) is 0. The number of anilines is 1. The van der Waals surface area contributed by atoms with Crippen molar-refractivity contribution in [1.29, 1.82) is 0 Å². The van der Waals surface area contributed by atoms with Crippen LogP contribution in [0.4, 0.5) is 18.3 Å². The van der Waals surface area contributed by atoms with E-state index in [-0.39, 0.29) is 5.75 Å². The lowest BCUT2D eigenvalue weighted by Crippen LogP contribution is -2.47. The van der Waals surface area contributed by atoms with Gasteiger partial charge in [0, 0.05) is 44.8 Å². The largest absolute Gasteiger partial charge is 0.573 e. The van der Waals surface area contributed by atoms with E-state index in [2.05, 4.69) is 36.9 Å². The van der Waals surface area contributed by atoms with Crippen LogP contribution < -0.4 is 10.1 Å². The smallest absolute Gasteiger partial charge is 0.406 e. The van der Waals surface area contributed by atoms with E-state index in [1.165, 1.54) is 29.5 Å². The molecule has 0 saturated carbocycles. The number of imidazole rings is 1. The van der Waals surface area contributed by atoms with Crippen molar-refractivity contribution in [2.45, 2.75) is 13.3 Å². The molecule has 0 spiro atoms. The van der Waals surface area contributed by atoms with E-state index < -0.39 is 6.36 Å². The number of nitrogens with zero attached hydrogens (tertiary/aromatic N) is 5. The third-order valence-electron chi connectivity index (χ3n) is 5.07. The van der Waals surface area contributed by atoms with Crippen LogP contribution in [0.15, 0.2) is 30.5 Å². The van der Waals surface area contributed by atoms with Gasteiger partial charge in [0.25, 0.3) is 0 Å². The third kappa shape index (κ3) is 5.02. The topological polar surface area (TPSA) is 57.9 Å². The maximum absolute atomic E-state index is 12.5. The van der Waals surface area contributed by atoms with Gasteiger partial charge in [-0.05, 0) is 18.7 Å². The fourth-order valence-corrected chi connectivity index (χ4v) is 4.26. The zero-order valence-electron chi connectivity index (χ0n) is 16.5. The van der Waals surface area contributed by atoms with E-state index in [1.807, 2.05) is 0 Å². The molecule has 3 heterocycles. The number of halogens is 3. The minimum absolute atomic E-state index is 0.272. The van der Waals surface area contributed by atoms with Crippen molar-refractivity contribution in [1.82, 2.24) is 24.4 Å². The molecular weight excluding hydrogens is 417 g/mol. The minimum atomic E-state index is -4.73. The van der Waals surface area contributed by atoms with Gasteiger partial charge >= 0.3 is 6.36 Å². The average molecular weight is 440 g/mol. The highest BCUT2D eigenvalue weighted by Gasteiger charge is 2.31. The van der Waals surface area contributed by atoms with Gasteiger partial charge in [-0.15, -0.1) is 18.3 Å². The Hall–Kier alpha value is -2.37. The number of rotatable bonds is 7. The van der Waals surface area contributed by atoms with E-state index in [9.17, 15) is 13.2 Å². The quantitative estimate of drug-likeness (QED) is 0.608. The van der Waals surface area contributed by atoms with Gasteiger partial charge in [0.15, 0.2) is 0 Å². The summed E-state index contributed by atoms with van der Waals surface area (Å²) in [6.45, 7) is 9.32. The van der Waals surface area contributed by atoms with Crippen molar-refractivity contribution in [2.24, 2.45) is 0 Å². The lowest BCUT2D eigenvalue weighted by molar-refractivity contribution is -0.274. The van der Waals surface area contributed by atoms with E-state index in [0.717, 1.165) is 50.9 Å². The van der Waals surface area contributed by atoms with Gasteiger partial charge in [-0.3, -0.25) is 4.90 Å². The number of alkyl halides is 3. The van der Waals surface area contributed by atoms with Crippen molar-refractivity contribution >= 4 is 21.4 Å². The van der Waals surface area contributed by atoms with Gasteiger partial charge in [-0.2, -0.15) is 0 Å². The van der Waals surface area contributed by atoms with Crippen molar-refractivity contribution in [3.63, 3.8) is 0 Å². The molecule has 3 aromatic rings. The molecule has 1 fully saturated rings. The molecule has 0 atom stereocenters. The lowest BCUT2D eigenvalue weighted by Gasteiger charge is -2.33. The van der Waals surface area contributed by atoms with Gasteiger partial charge < -0.3 is 15.0 Å². The average Bonchev–Trinajstić information content (AvgIpc) is 3.28. The fourth-order valence-electron chi connectivity index (χ4n) is 3.46. The summed E-state index contributed by atoms with van der Waals surface area (Å²) >= 11 is 1.41. The molecule has 0 aliphatic carbocycles. The highest BCUT2D eigenvalue weighted by atomic mass is 32.1. The summed E-state index contributed by atoms with van der Waals surface area (Å²) < 4.78 is 43.1. The first kappa shape index (κ1) is 20.9. The number of aromatic nitrogens is 3. The normalized spacial score (nSPS) is 16.3. The number of ether oxygens (including phenoxy) is 1. The lowest BCUT2D eigenvalue weighted by atomic mass is 10.1. The van der Waals surface area contributed by atoms with E-state index in [0.29, 0.717) is 16.2 Å². The van der Waals surface area contributed by atoms with Crippen LogP contribution in [0.3, 0.4) is 0 Å². The minimum Gasteiger partial charge on any atom is -0.406 e. The Labute approximate surface area is 176 Å². The molecular formula is C19H23F3N6OS. The summed E-state index contributed by atoms with van der Waals surface area (Å²) in [6.07, 6.45) is -3.13. The molecule has 162 valence electrons. The Morgan fingerprint density at radius 3 is 2.67 bits per heavy atom. The zero-order valence-corrected chi connectivity index (χ0v) is 17.3. The maximum atomic E-state index is 12.5. The molecule has 1 aromatic carbocycles. The van der Waals surface area contributed by atoms with Gasteiger partial charge in [0.05, 0.1) is 11.9 Å². The second-order valence-electron chi connectivity index (χ2n) is 7.02. The van der Waals surface area contributed by atoms with E-state index >= 15 is 0 Å². The van der Waals surface area contributed by atoms with Crippen LogP contribution in [-0.2, 0) is 0 Å². The predicted octanol–water partition coefficient (Wildman–Crippen LogP) is 3.41. The number of hydrogen-bond donors (Lipinski definition) is 1. The Bertz CT molecular complexity index is 980. The number of likely N-dealkylation sites (N-methyl/N-ethyl adjacent to an activating group) is 1. The Morgan fingerprint density at radius 2 is 1.93 bits per heavy atom. The molecule has 0 amide bonds. The maximum Gasteiger partial charge on any atom is 0.573 e. The SMILES string of the molecule is CCN1CCN(CCNc2nn3c(-c4cccc(OC(F)(F)F)c4)cnc3s2)CC1. The van der Waals surface area contributed by atoms with Gasteiger partial charge in [0.1, 0.15) is 5.75 Å². The van der Waals surface area contributed by atoms with E-state index in [1.54, 1.807) is 16.8 Å². The Morgan fingerprint density at radius 1 is 1.17 bits per heavy atom. The molecule has 1 aliphatic heterocycles. The third-order valence-corrected chi connectivity index (χ3v) is 5.95. The monoisotopic (exact) mass is 440 g/mol. The van der Waals surface area contributed by atoms with Crippen molar-refractivity contribution in [3.8, 4) is 17.0 Å². The molecule has 1 aliphatic rings. The van der Waals surface area contributed by atoms with Crippen LogP contribution in [0.25, 0.3) is 16.2 Å². The fraction of sp³-hybridized carbons (Fsp3) is 0.474. The standard InChI is InChI=1S/C19H23F3N6OS/c1-2-26-8-10-27(11-9-26)7-6-23-17-25-28-16(13-24-18(28)30-17)14-4-3-5-15(12-14)29-19(20,21)22/h3-5,12-13H,2,6-11H2,1H3,(H,23,25). The van der Waals surface area contributed by atoms with Gasteiger partial charge in [-0.25, -0.2) is 9.50 Å². The number of hydrogen-bond acceptors (Lipinski definition) is 7. The molecule has 11 heteroatoms. The highest BCUT2D eigenvalue weighted by molar-refractivity contribution is 7.20. The Kier molecular flexibility index (Phi) is 6.11. The molecule has 1 saturated heterocycles. The second-order valence-corrected chi connectivity index (χ2v) is 7.98. The number of piperazine rings is 1. The van der Waals surface area contributed by atoms with Crippen LogP contribution in [0.2, 0.25) is 0 Å². The van der Waals surface area contributed by atoms with Crippen molar-refractivity contribution in [2.75, 3.05) is 51.1 Å². The first-order valence-corrected chi connectivity index (χ1v) is 10.6. The molecule has 2 aromatic heterocycles. The van der Waals surface area contributed by atoms with E-state index in [4.69, 9.17) is 0 Å². The Balaban J connectivity index is 1.40.